The van der Waals surface area contributed by atoms with Crippen LogP contribution in [0.3, 0.4) is 0 Å². The molecule has 0 aromatic heterocycles. The molecule has 0 aliphatic carbocycles. The second-order valence-corrected chi connectivity index (χ2v) is 4.54. The Morgan fingerprint density at radius 3 is 2.56 bits per heavy atom. The van der Waals surface area contributed by atoms with Crippen LogP contribution in [0.4, 0.5) is 0 Å². The van der Waals surface area contributed by atoms with Crippen LogP contribution in [0.25, 0.3) is 0 Å². The molecule has 2 atom stereocenters. The van der Waals surface area contributed by atoms with Crippen molar-refractivity contribution in [1.29, 1.82) is 0 Å². The highest BCUT2D eigenvalue weighted by Gasteiger charge is 2.23. The summed E-state index contributed by atoms with van der Waals surface area (Å²) >= 11 is 5.11. The van der Waals surface area contributed by atoms with Crippen LogP contribution in [0.2, 0.25) is 0 Å². The van der Waals surface area contributed by atoms with Crippen molar-refractivity contribution in [3.8, 4) is 11.5 Å². The van der Waals surface area contributed by atoms with Gasteiger partial charge in [-0.3, -0.25) is 0 Å². The molecule has 1 aliphatic heterocycles. The average Bonchev–Trinajstić information content (AvgIpc) is 2.36. The van der Waals surface area contributed by atoms with Crippen LogP contribution in [-0.2, 0) is 0 Å². The van der Waals surface area contributed by atoms with Crippen LogP contribution >= 0.6 is 12.2 Å². The number of benzene rings is 1. The van der Waals surface area contributed by atoms with Crippen molar-refractivity contribution in [2.75, 3.05) is 14.2 Å². The van der Waals surface area contributed by atoms with Crippen molar-refractivity contribution >= 4 is 17.3 Å². The van der Waals surface area contributed by atoms with Crippen LogP contribution in [0.5, 0.6) is 11.5 Å². The van der Waals surface area contributed by atoms with E-state index in [4.69, 9.17) is 27.4 Å². The summed E-state index contributed by atoms with van der Waals surface area (Å²) in [6.07, 6.45) is 0.632. The van der Waals surface area contributed by atoms with Crippen molar-refractivity contribution in [2.24, 2.45) is 5.73 Å². The summed E-state index contributed by atoms with van der Waals surface area (Å²) in [4.78, 5) is 0. The van der Waals surface area contributed by atoms with Gasteiger partial charge in [-0.15, -0.1) is 0 Å². The minimum absolute atomic E-state index is 0.0913. The molecule has 1 fully saturated rings. The third-order valence-electron chi connectivity index (χ3n) is 2.92. The smallest absolute Gasteiger partial charge is 0.168 e. The van der Waals surface area contributed by atoms with E-state index in [0.717, 1.165) is 12.0 Å². The van der Waals surface area contributed by atoms with Gasteiger partial charge in [0.25, 0.3) is 0 Å². The molecule has 98 valence electrons. The summed E-state index contributed by atoms with van der Waals surface area (Å²) in [5.74, 6) is 1.41. The summed E-state index contributed by atoms with van der Waals surface area (Å²) < 4.78 is 10.5. The monoisotopic (exact) mass is 267 g/mol. The normalized spacial score (nSPS) is 22.9. The summed E-state index contributed by atoms with van der Waals surface area (Å²) in [6, 6.07) is 5.90. The largest absolute Gasteiger partial charge is 0.493 e. The summed E-state index contributed by atoms with van der Waals surface area (Å²) in [7, 11) is 3.24. The van der Waals surface area contributed by atoms with Gasteiger partial charge in [0.05, 0.1) is 26.4 Å². The van der Waals surface area contributed by atoms with E-state index in [0.29, 0.717) is 16.6 Å². The van der Waals surface area contributed by atoms with Crippen LogP contribution < -0.4 is 25.8 Å². The number of thiocarbonyl (C=S) groups is 1. The van der Waals surface area contributed by atoms with Crippen LogP contribution in [0.1, 0.15) is 18.0 Å². The fourth-order valence-electron chi connectivity index (χ4n) is 2.03. The van der Waals surface area contributed by atoms with Gasteiger partial charge in [-0.25, -0.2) is 0 Å². The molecule has 0 amide bonds. The second kappa shape index (κ2) is 5.41. The molecule has 1 aliphatic rings. The molecule has 0 saturated carbocycles. The molecule has 18 heavy (non-hydrogen) atoms. The Bertz CT molecular complexity index is 453. The standard InChI is InChI=1S/C12H17N3O2S/c1-16-9-4-3-7(5-10(9)17-2)8-6-11(13)15-12(18)14-8/h3-5,8,11H,6,13H2,1-2H3,(H2,14,15,18). The highest BCUT2D eigenvalue weighted by molar-refractivity contribution is 7.80. The summed E-state index contributed by atoms with van der Waals surface area (Å²) in [5, 5.41) is 6.75. The molecular weight excluding hydrogens is 250 g/mol. The fraction of sp³-hybridized carbons (Fsp3) is 0.417. The molecule has 1 saturated heterocycles. The van der Waals surface area contributed by atoms with E-state index in [9.17, 15) is 0 Å². The van der Waals surface area contributed by atoms with E-state index >= 15 is 0 Å². The lowest BCUT2D eigenvalue weighted by Gasteiger charge is -2.31. The number of nitrogens with two attached hydrogens (primary N) is 1. The van der Waals surface area contributed by atoms with E-state index in [1.54, 1.807) is 14.2 Å². The van der Waals surface area contributed by atoms with E-state index in [-0.39, 0.29) is 12.2 Å². The van der Waals surface area contributed by atoms with Gasteiger partial charge in [0.1, 0.15) is 0 Å². The highest BCUT2D eigenvalue weighted by Crippen LogP contribution is 2.31. The molecule has 2 rings (SSSR count). The molecule has 5 nitrogen and oxygen atoms in total. The van der Waals surface area contributed by atoms with Gasteiger partial charge < -0.3 is 25.8 Å². The Morgan fingerprint density at radius 1 is 1.22 bits per heavy atom. The maximum Gasteiger partial charge on any atom is 0.168 e. The lowest BCUT2D eigenvalue weighted by molar-refractivity contribution is 0.353. The maximum absolute atomic E-state index is 5.88. The fourth-order valence-corrected chi connectivity index (χ4v) is 2.32. The summed E-state index contributed by atoms with van der Waals surface area (Å²) in [5.41, 5.74) is 6.96. The number of rotatable bonds is 3. The third-order valence-corrected chi connectivity index (χ3v) is 3.16. The third kappa shape index (κ3) is 2.65. The van der Waals surface area contributed by atoms with Gasteiger partial charge >= 0.3 is 0 Å². The molecule has 1 aromatic rings. The topological polar surface area (TPSA) is 68.5 Å². The average molecular weight is 267 g/mol. The van der Waals surface area contributed by atoms with Gasteiger partial charge in [-0.2, -0.15) is 0 Å². The Hall–Kier alpha value is -1.53. The van der Waals surface area contributed by atoms with Crippen molar-refractivity contribution in [3.63, 3.8) is 0 Å². The van der Waals surface area contributed by atoms with Crippen LogP contribution in [-0.4, -0.2) is 25.5 Å². The lowest BCUT2D eigenvalue weighted by atomic mass is 10.0. The second-order valence-electron chi connectivity index (χ2n) is 4.13. The Balaban J connectivity index is 2.25. The molecule has 6 heteroatoms. The quantitative estimate of drug-likeness (QED) is 0.707. The Morgan fingerprint density at radius 2 is 1.94 bits per heavy atom. The van der Waals surface area contributed by atoms with Gasteiger partial charge in [0.2, 0.25) is 0 Å². The van der Waals surface area contributed by atoms with Crippen molar-refractivity contribution in [2.45, 2.75) is 18.6 Å². The molecule has 0 bridgehead atoms. The minimum atomic E-state index is -0.128. The highest BCUT2D eigenvalue weighted by atomic mass is 32.1. The van der Waals surface area contributed by atoms with Crippen LogP contribution in [0, 0.1) is 0 Å². The van der Waals surface area contributed by atoms with Gasteiger partial charge in [-0.1, -0.05) is 6.07 Å². The number of hydrogen-bond donors (Lipinski definition) is 3. The number of hydrogen-bond acceptors (Lipinski definition) is 4. The predicted octanol–water partition coefficient (Wildman–Crippen LogP) is 0.897. The molecular formula is C12H17N3O2S. The molecule has 0 spiro atoms. The molecule has 0 radical (unpaired) electrons. The van der Waals surface area contributed by atoms with E-state index in [1.165, 1.54) is 0 Å². The Kier molecular flexibility index (Phi) is 3.88. The van der Waals surface area contributed by atoms with Crippen LogP contribution in [0.15, 0.2) is 18.2 Å². The zero-order valence-corrected chi connectivity index (χ0v) is 11.2. The summed E-state index contributed by atoms with van der Waals surface area (Å²) in [6.45, 7) is 0. The number of ether oxygens (including phenoxy) is 2. The van der Waals surface area contributed by atoms with E-state index in [1.807, 2.05) is 18.2 Å². The molecule has 4 N–H and O–H groups in total. The first kappa shape index (κ1) is 12.9. The lowest BCUT2D eigenvalue weighted by Crippen LogP contribution is -2.54. The van der Waals surface area contributed by atoms with Crippen molar-refractivity contribution in [1.82, 2.24) is 10.6 Å². The predicted molar refractivity (Wildman–Crippen MR) is 73.7 cm³/mol. The van der Waals surface area contributed by atoms with E-state index in [2.05, 4.69) is 10.6 Å². The zero-order valence-electron chi connectivity index (χ0n) is 10.4. The SMILES string of the molecule is COc1ccc(C2CC(N)NC(=S)N2)cc1OC. The van der Waals surface area contributed by atoms with E-state index < -0.39 is 0 Å². The van der Waals surface area contributed by atoms with Gasteiger partial charge in [0.15, 0.2) is 16.6 Å². The van der Waals surface area contributed by atoms with Crippen molar-refractivity contribution in [3.05, 3.63) is 23.8 Å². The minimum Gasteiger partial charge on any atom is -0.493 e. The van der Waals surface area contributed by atoms with Gasteiger partial charge in [-0.05, 0) is 29.9 Å². The Labute approximate surface area is 112 Å². The first-order valence-electron chi connectivity index (χ1n) is 5.68. The maximum atomic E-state index is 5.88. The number of nitrogens with one attached hydrogen (secondary N) is 2. The zero-order chi connectivity index (χ0) is 13.1. The number of methoxy groups -OCH3 is 2. The first-order valence-corrected chi connectivity index (χ1v) is 6.09. The van der Waals surface area contributed by atoms with Crippen molar-refractivity contribution < 1.29 is 9.47 Å². The molecule has 2 unspecified atom stereocenters. The molecule has 1 aromatic carbocycles. The van der Waals surface area contributed by atoms with Gasteiger partial charge in [0, 0.05) is 6.42 Å². The molecule has 1 heterocycles. The first-order chi connectivity index (χ1) is 8.63.